The van der Waals surface area contributed by atoms with E-state index in [0.717, 1.165) is 34.9 Å². The summed E-state index contributed by atoms with van der Waals surface area (Å²) < 4.78 is 19.2. The van der Waals surface area contributed by atoms with Crippen LogP contribution in [-0.2, 0) is 4.79 Å². The molecule has 0 unspecified atom stereocenters. The van der Waals surface area contributed by atoms with Gasteiger partial charge in [-0.1, -0.05) is 17.7 Å². The predicted molar refractivity (Wildman–Crippen MR) is 87.8 cm³/mol. The summed E-state index contributed by atoms with van der Waals surface area (Å²) in [6.07, 6.45) is 0. The monoisotopic (exact) mass is 332 g/mol. The van der Waals surface area contributed by atoms with Crippen molar-refractivity contribution >= 4 is 17.3 Å². The molecule has 24 heavy (non-hydrogen) atoms. The van der Waals surface area contributed by atoms with Gasteiger partial charge in [-0.05, 0) is 38.0 Å². The van der Waals surface area contributed by atoms with Crippen LogP contribution in [0, 0.1) is 36.7 Å². The second-order valence-electron chi connectivity index (χ2n) is 5.49. The number of nitrogens with zero attached hydrogens (tertiary/aromatic N) is 1. The van der Waals surface area contributed by atoms with Crippen molar-refractivity contribution in [2.24, 2.45) is 0 Å². The zero-order valence-electron chi connectivity index (χ0n) is 13.6. The smallest absolute Gasteiger partial charge is 0.271 e. The first-order valence-electron chi connectivity index (χ1n) is 7.22. The fourth-order valence-electron chi connectivity index (χ4n) is 2.44. The van der Waals surface area contributed by atoms with Crippen LogP contribution >= 0.6 is 0 Å². The summed E-state index contributed by atoms with van der Waals surface area (Å²) in [4.78, 5) is 22.0. The lowest BCUT2D eigenvalue weighted by Crippen LogP contribution is -2.21. The number of hydrogen-bond acceptors (Lipinski definition) is 4. The van der Waals surface area contributed by atoms with Gasteiger partial charge >= 0.3 is 0 Å². The van der Waals surface area contributed by atoms with Gasteiger partial charge in [0.2, 0.25) is 0 Å². The third-order valence-corrected chi connectivity index (χ3v) is 3.39. The lowest BCUT2D eigenvalue weighted by atomic mass is 10.1. The molecule has 2 aromatic rings. The standard InChI is InChI=1S/C17H17FN2O4/c1-10-6-11(2)17(12(3)7-10)24-9-16(21)19-15-8-13(20(22)23)4-5-14(15)18/h4-8H,9H2,1-3H3,(H,19,21). The fraction of sp³-hybridized carbons (Fsp3) is 0.235. The van der Waals surface area contributed by atoms with Crippen LogP contribution in [0.2, 0.25) is 0 Å². The average Bonchev–Trinajstić information content (AvgIpc) is 2.48. The Kier molecular flexibility index (Phi) is 5.13. The second kappa shape index (κ2) is 7.08. The molecule has 0 saturated heterocycles. The highest BCUT2D eigenvalue weighted by atomic mass is 19.1. The van der Waals surface area contributed by atoms with Crippen LogP contribution in [0.25, 0.3) is 0 Å². The van der Waals surface area contributed by atoms with Gasteiger partial charge in [0, 0.05) is 12.1 Å². The summed E-state index contributed by atoms with van der Waals surface area (Å²) in [7, 11) is 0. The van der Waals surface area contributed by atoms with Gasteiger partial charge in [0.05, 0.1) is 10.6 Å². The van der Waals surface area contributed by atoms with E-state index in [0.29, 0.717) is 5.75 Å². The molecule has 0 aliphatic carbocycles. The Balaban J connectivity index is 2.07. The first kappa shape index (κ1) is 17.4. The number of nitro benzene ring substituents is 1. The number of carbonyl (C=O) groups is 1. The number of non-ortho nitro benzene ring substituents is 1. The topological polar surface area (TPSA) is 81.5 Å². The quantitative estimate of drug-likeness (QED) is 0.669. The molecule has 7 heteroatoms. The van der Waals surface area contributed by atoms with E-state index in [9.17, 15) is 19.3 Å². The molecule has 0 heterocycles. The maximum atomic E-state index is 13.7. The van der Waals surface area contributed by atoms with Crippen molar-refractivity contribution < 1.29 is 18.8 Å². The van der Waals surface area contributed by atoms with Crippen LogP contribution < -0.4 is 10.1 Å². The number of hydrogen-bond donors (Lipinski definition) is 1. The minimum Gasteiger partial charge on any atom is -0.483 e. The molecule has 126 valence electrons. The highest BCUT2D eigenvalue weighted by Crippen LogP contribution is 2.25. The summed E-state index contributed by atoms with van der Waals surface area (Å²) >= 11 is 0. The summed E-state index contributed by atoms with van der Waals surface area (Å²) in [5.41, 5.74) is 2.30. The van der Waals surface area contributed by atoms with Crippen molar-refractivity contribution in [1.82, 2.24) is 0 Å². The molecule has 0 radical (unpaired) electrons. The van der Waals surface area contributed by atoms with Gasteiger partial charge < -0.3 is 10.1 Å². The molecule has 0 aromatic heterocycles. The molecule has 2 aromatic carbocycles. The number of amides is 1. The summed E-state index contributed by atoms with van der Waals surface area (Å²) in [5, 5.41) is 13.0. The van der Waals surface area contributed by atoms with Gasteiger partial charge in [-0.25, -0.2) is 4.39 Å². The molecule has 6 nitrogen and oxygen atoms in total. The number of rotatable bonds is 5. The van der Waals surface area contributed by atoms with Crippen molar-refractivity contribution in [3.05, 3.63) is 63.0 Å². The zero-order valence-corrected chi connectivity index (χ0v) is 13.6. The van der Waals surface area contributed by atoms with Crippen molar-refractivity contribution in [3.8, 4) is 5.75 Å². The molecule has 0 aliphatic rings. The summed E-state index contributed by atoms with van der Waals surface area (Å²) in [5.74, 6) is -0.763. The van der Waals surface area contributed by atoms with E-state index in [1.165, 1.54) is 0 Å². The van der Waals surface area contributed by atoms with Crippen molar-refractivity contribution in [2.75, 3.05) is 11.9 Å². The Morgan fingerprint density at radius 2 is 1.83 bits per heavy atom. The molecule has 0 saturated carbocycles. The zero-order chi connectivity index (χ0) is 17.9. The second-order valence-corrected chi connectivity index (χ2v) is 5.49. The van der Waals surface area contributed by atoms with Crippen molar-refractivity contribution in [3.63, 3.8) is 0 Å². The molecule has 1 amide bonds. The largest absolute Gasteiger partial charge is 0.483 e. The number of nitro groups is 1. The number of carbonyl (C=O) groups excluding carboxylic acids is 1. The van der Waals surface area contributed by atoms with Crippen LogP contribution in [0.1, 0.15) is 16.7 Å². The molecule has 0 spiro atoms. The van der Waals surface area contributed by atoms with E-state index >= 15 is 0 Å². The molecule has 2 rings (SSSR count). The van der Waals surface area contributed by atoms with E-state index in [-0.39, 0.29) is 18.0 Å². The van der Waals surface area contributed by atoms with Crippen LogP contribution in [0.4, 0.5) is 15.8 Å². The highest BCUT2D eigenvalue weighted by Gasteiger charge is 2.14. The van der Waals surface area contributed by atoms with Gasteiger partial charge in [0.1, 0.15) is 11.6 Å². The third-order valence-electron chi connectivity index (χ3n) is 3.39. The van der Waals surface area contributed by atoms with E-state index in [2.05, 4.69) is 5.32 Å². The summed E-state index contributed by atoms with van der Waals surface area (Å²) in [6.45, 7) is 5.37. The Morgan fingerprint density at radius 1 is 1.21 bits per heavy atom. The van der Waals surface area contributed by atoms with Gasteiger partial charge in [0.25, 0.3) is 11.6 Å². The van der Waals surface area contributed by atoms with Crippen molar-refractivity contribution in [2.45, 2.75) is 20.8 Å². The Morgan fingerprint density at radius 3 is 2.42 bits per heavy atom. The molecule has 0 atom stereocenters. The summed E-state index contributed by atoms with van der Waals surface area (Å²) in [6, 6.07) is 6.79. The Labute approximate surface area is 138 Å². The van der Waals surface area contributed by atoms with Gasteiger partial charge in [-0.3, -0.25) is 14.9 Å². The first-order chi connectivity index (χ1) is 11.3. The number of aryl methyl sites for hydroxylation is 3. The third kappa shape index (κ3) is 4.07. The normalized spacial score (nSPS) is 10.3. The van der Waals surface area contributed by atoms with Crippen LogP contribution in [0.5, 0.6) is 5.75 Å². The molecule has 1 N–H and O–H groups in total. The molecular weight excluding hydrogens is 315 g/mol. The van der Waals surface area contributed by atoms with Crippen LogP contribution in [0.15, 0.2) is 30.3 Å². The Bertz CT molecular complexity index is 782. The molecule has 0 fully saturated rings. The van der Waals surface area contributed by atoms with Gasteiger partial charge in [-0.2, -0.15) is 0 Å². The number of anilines is 1. The number of halogens is 1. The van der Waals surface area contributed by atoms with E-state index < -0.39 is 16.6 Å². The average molecular weight is 332 g/mol. The maximum Gasteiger partial charge on any atom is 0.271 e. The minimum absolute atomic E-state index is 0.254. The van der Waals surface area contributed by atoms with Gasteiger partial charge in [-0.15, -0.1) is 0 Å². The van der Waals surface area contributed by atoms with E-state index in [4.69, 9.17) is 4.74 Å². The molecular formula is C17H17FN2O4. The first-order valence-corrected chi connectivity index (χ1v) is 7.22. The van der Waals surface area contributed by atoms with E-state index in [1.807, 2.05) is 32.9 Å². The maximum absolute atomic E-state index is 13.7. The van der Waals surface area contributed by atoms with Crippen LogP contribution in [-0.4, -0.2) is 17.4 Å². The fourth-order valence-corrected chi connectivity index (χ4v) is 2.44. The Hall–Kier alpha value is -2.96. The van der Waals surface area contributed by atoms with Crippen LogP contribution in [0.3, 0.4) is 0 Å². The van der Waals surface area contributed by atoms with Crippen molar-refractivity contribution in [1.29, 1.82) is 0 Å². The highest BCUT2D eigenvalue weighted by molar-refractivity contribution is 5.92. The predicted octanol–water partition coefficient (Wildman–Crippen LogP) is 3.68. The molecule has 0 bridgehead atoms. The number of nitrogens with one attached hydrogen (secondary N) is 1. The lowest BCUT2D eigenvalue weighted by Gasteiger charge is -2.13. The number of ether oxygens (including phenoxy) is 1. The number of benzene rings is 2. The SMILES string of the molecule is Cc1cc(C)c(OCC(=O)Nc2cc([N+](=O)[O-])ccc2F)c(C)c1. The lowest BCUT2D eigenvalue weighted by molar-refractivity contribution is -0.384. The van der Waals surface area contributed by atoms with Gasteiger partial charge in [0.15, 0.2) is 6.61 Å². The molecule has 0 aliphatic heterocycles. The van der Waals surface area contributed by atoms with E-state index in [1.54, 1.807) is 0 Å². The minimum atomic E-state index is -0.753.